The molecule has 1 aliphatic heterocycles. The fraction of sp³-hybridized carbons (Fsp3) is 0.455. The van der Waals surface area contributed by atoms with Crippen molar-refractivity contribution in [2.45, 2.75) is 20.3 Å². The van der Waals surface area contributed by atoms with E-state index in [9.17, 15) is 24.5 Å². The van der Waals surface area contributed by atoms with Gasteiger partial charge in [-0.2, -0.15) is 10.1 Å². The number of allylic oxidation sites excluding steroid dienone is 2. The maximum Gasteiger partial charge on any atom is 0.344 e. The Labute approximate surface area is 189 Å². The Morgan fingerprint density at radius 1 is 1.15 bits per heavy atom. The van der Waals surface area contributed by atoms with Gasteiger partial charge in [-0.3, -0.25) is 19.7 Å². The number of rotatable bonds is 9. The normalized spacial score (nSPS) is 25.1. The molecule has 1 heterocycles. The maximum atomic E-state index is 12.8. The van der Waals surface area contributed by atoms with Crippen molar-refractivity contribution in [3.05, 3.63) is 40.0 Å². The van der Waals surface area contributed by atoms with E-state index in [1.807, 2.05) is 12.2 Å². The van der Waals surface area contributed by atoms with E-state index < -0.39 is 35.0 Å². The van der Waals surface area contributed by atoms with Gasteiger partial charge in [0.15, 0.2) is 12.4 Å². The van der Waals surface area contributed by atoms with Crippen molar-refractivity contribution in [2.75, 3.05) is 19.8 Å². The quantitative estimate of drug-likeness (QED) is 0.137. The first-order valence-corrected chi connectivity index (χ1v) is 10.7. The molecule has 0 spiro atoms. The van der Waals surface area contributed by atoms with E-state index in [0.717, 1.165) is 11.4 Å². The number of carbonyl (C=O) groups excluding carboxylic acids is 3. The second-order valence-corrected chi connectivity index (χ2v) is 7.88. The van der Waals surface area contributed by atoms with E-state index in [1.54, 1.807) is 13.8 Å². The summed E-state index contributed by atoms with van der Waals surface area (Å²) in [5.74, 6) is -2.27. The van der Waals surface area contributed by atoms with Gasteiger partial charge in [0.1, 0.15) is 0 Å². The molecule has 3 aliphatic rings. The molecule has 4 atom stereocenters. The second-order valence-electron chi connectivity index (χ2n) is 7.88. The highest BCUT2D eigenvalue weighted by molar-refractivity contribution is 6.06. The molecule has 2 bridgehead atoms. The molecule has 2 amide bonds. The van der Waals surface area contributed by atoms with Crippen LogP contribution in [-0.4, -0.2) is 53.8 Å². The third kappa shape index (κ3) is 4.06. The van der Waals surface area contributed by atoms with Crippen LogP contribution >= 0.6 is 0 Å². The molecule has 1 saturated carbocycles. The van der Waals surface area contributed by atoms with Gasteiger partial charge in [-0.25, -0.2) is 4.79 Å². The zero-order valence-electron chi connectivity index (χ0n) is 18.1. The van der Waals surface area contributed by atoms with Crippen molar-refractivity contribution in [3.63, 3.8) is 0 Å². The van der Waals surface area contributed by atoms with Crippen molar-refractivity contribution in [1.82, 2.24) is 5.01 Å². The van der Waals surface area contributed by atoms with Gasteiger partial charge in [-0.05, 0) is 38.2 Å². The van der Waals surface area contributed by atoms with Gasteiger partial charge >= 0.3 is 11.7 Å². The number of ether oxygens (including phenoxy) is 3. The first-order chi connectivity index (χ1) is 15.8. The van der Waals surface area contributed by atoms with Crippen LogP contribution < -0.4 is 9.47 Å². The summed E-state index contributed by atoms with van der Waals surface area (Å²) in [7, 11) is 0. The number of nitro benzene ring substituents is 1. The lowest BCUT2D eigenvalue weighted by molar-refractivity contribution is -0.385. The molecule has 0 N–H and O–H groups in total. The van der Waals surface area contributed by atoms with Crippen molar-refractivity contribution >= 4 is 29.7 Å². The number of carbonyl (C=O) groups is 3. The largest absolute Gasteiger partial charge is 0.490 e. The molecule has 33 heavy (non-hydrogen) atoms. The predicted molar refractivity (Wildman–Crippen MR) is 114 cm³/mol. The molecule has 4 unspecified atom stereocenters. The molecule has 4 rings (SSSR count). The number of hydrogen-bond donors (Lipinski definition) is 0. The Morgan fingerprint density at radius 2 is 1.82 bits per heavy atom. The van der Waals surface area contributed by atoms with Crippen LogP contribution in [0.3, 0.4) is 0 Å². The predicted octanol–water partition coefficient (Wildman–Crippen LogP) is 2.08. The number of imide groups is 1. The van der Waals surface area contributed by atoms with Crippen LogP contribution in [0.15, 0.2) is 29.4 Å². The van der Waals surface area contributed by atoms with Crippen LogP contribution in [0, 0.1) is 33.8 Å². The van der Waals surface area contributed by atoms with Crippen molar-refractivity contribution in [2.24, 2.45) is 28.8 Å². The average Bonchev–Trinajstić information content (AvgIpc) is 3.46. The first-order valence-electron chi connectivity index (χ1n) is 10.7. The van der Waals surface area contributed by atoms with Crippen LogP contribution in [0.1, 0.15) is 25.8 Å². The third-order valence-electron chi connectivity index (χ3n) is 5.96. The molecular weight excluding hydrogens is 434 g/mol. The van der Waals surface area contributed by atoms with Gasteiger partial charge < -0.3 is 14.2 Å². The number of hydrogen-bond acceptors (Lipinski definition) is 9. The highest BCUT2D eigenvalue weighted by Crippen LogP contribution is 2.52. The smallest absolute Gasteiger partial charge is 0.344 e. The molecule has 11 nitrogen and oxygen atoms in total. The fourth-order valence-corrected chi connectivity index (χ4v) is 4.68. The maximum absolute atomic E-state index is 12.8. The van der Waals surface area contributed by atoms with Gasteiger partial charge in [0.25, 0.3) is 11.8 Å². The molecule has 1 saturated heterocycles. The molecule has 2 fully saturated rings. The van der Waals surface area contributed by atoms with E-state index in [0.29, 0.717) is 0 Å². The summed E-state index contributed by atoms with van der Waals surface area (Å²) in [6, 6.07) is 2.60. The highest BCUT2D eigenvalue weighted by Gasteiger charge is 2.59. The van der Waals surface area contributed by atoms with Crippen LogP contribution in [0.5, 0.6) is 11.5 Å². The second kappa shape index (κ2) is 9.00. The van der Waals surface area contributed by atoms with Crippen LogP contribution in [-0.2, 0) is 19.1 Å². The number of amides is 2. The minimum atomic E-state index is -0.681. The Morgan fingerprint density at radius 3 is 2.39 bits per heavy atom. The SMILES string of the molecule is CCOC(=O)COc1c(OCC)cc(C=NN2C(=O)C3C4C=CC(C4)C3C2=O)cc1[N+](=O)[O-]. The summed E-state index contributed by atoms with van der Waals surface area (Å²) in [4.78, 5) is 48.1. The average molecular weight is 457 g/mol. The van der Waals surface area contributed by atoms with Gasteiger partial charge in [0, 0.05) is 11.6 Å². The fourth-order valence-electron chi connectivity index (χ4n) is 4.68. The van der Waals surface area contributed by atoms with E-state index >= 15 is 0 Å². The lowest BCUT2D eigenvalue weighted by Gasteiger charge is -2.13. The lowest BCUT2D eigenvalue weighted by atomic mass is 9.85. The summed E-state index contributed by atoms with van der Waals surface area (Å²) >= 11 is 0. The number of fused-ring (bicyclic) bond motifs is 5. The van der Waals surface area contributed by atoms with Crippen molar-refractivity contribution < 1.29 is 33.5 Å². The number of nitro groups is 1. The summed E-state index contributed by atoms with van der Waals surface area (Å²) in [6.45, 7) is 3.11. The summed E-state index contributed by atoms with van der Waals surface area (Å²) in [5.41, 5.74) is -0.225. The Hall–Kier alpha value is -3.76. The number of hydrazone groups is 1. The lowest BCUT2D eigenvalue weighted by Crippen LogP contribution is -2.28. The zero-order chi connectivity index (χ0) is 23.7. The van der Waals surface area contributed by atoms with Crippen LogP contribution in [0.25, 0.3) is 0 Å². The molecule has 1 aromatic rings. The van der Waals surface area contributed by atoms with E-state index in [-0.39, 0.29) is 53.9 Å². The molecule has 1 aromatic carbocycles. The third-order valence-corrected chi connectivity index (χ3v) is 5.96. The minimum Gasteiger partial charge on any atom is -0.490 e. The molecule has 11 heteroatoms. The number of nitrogens with zero attached hydrogens (tertiary/aromatic N) is 3. The van der Waals surface area contributed by atoms with Gasteiger partial charge in [0.2, 0.25) is 5.75 Å². The summed E-state index contributed by atoms with van der Waals surface area (Å²) in [6.07, 6.45) is 5.98. The van der Waals surface area contributed by atoms with Crippen LogP contribution in [0.2, 0.25) is 0 Å². The van der Waals surface area contributed by atoms with E-state index in [1.165, 1.54) is 18.3 Å². The Kier molecular flexibility index (Phi) is 6.12. The Balaban J connectivity index is 1.59. The first kappa shape index (κ1) is 22.4. The van der Waals surface area contributed by atoms with Crippen LogP contribution in [0.4, 0.5) is 5.69 Å². The molecule has 0 radical (unpaired) electrons. The molecule has 174 valence electrons. The minimum absolute atomic E-state index is 0.0237. The standard InChI is InChI=1S/C22H23N3O8/c1-3-31-16-8-12(7-15(25(29)30)20(16)33-11-17(26)32-4-2)10-23-24-21(27)18-13-5-6-14(9-13)19(18)22(24)28/h5-8,10,13-14,18-19H,3-4,9,11H2,1-2H3. The molecule has 2 aliphatic carbocycles. The van der Waals surface area contributed by atoms with Gasteiger partial charge in [0.05, 0.1) is 36.2 Å². The van der Waals surface area contributed by atoms with Gasteiger partial charge in [-0.15, -0.1) is 0 Å². The van der Waals surface area contributed by atoms with E-state index in [4.69, 9.17) is 14.2 Å². The monoisotopic (exact) mass is 457 g/mol. The summed E-state index contributed by atoms with van der Waals surface area (Å²) in [5, 5.41) is 16.6. The Bertz CT molecular complexity index is 1040. The summed E-state index contributed by atoms with van der Waals surface area (Å²) < 4.78 is 15.6. The van der Waals surface area contributed by atoms with Gasteiger partial charge in [-0.1, -0.05) is 12.2 Å². The topological polar surface area (TPSA) is 138 Å². The number of benzene rings is 1. The van der Waals surface area contributed by atoms with E-state index in [2.05, 4.69) is 5.10 Å². The zero-order valence-corrected chi connectivity index (χ0v) is 18.1. The number of esters is 1. The van der Waals surface area contributed by atoms with Crippen molar-refractivity contribution in [3.8, 4) is 11.5 Å². The highest BCUT2D eigenvalue weighted by atomic mass is 16.6. The molecule has 0 aromatic heterocycles. The molecular formula is C22H23N3O8. The van der Waals surface area contributed by atoms with Crippen molar-refractivity contribution in [1.29, 1.82) is 0 Å².